The summed E-state index contributed by atoms with van der Waals surface area (Å²) in [7, 11) is 0. The van der Waals surface area contributed by atoms with Gasteiger partial charge in [0, 0.05) is 11.9 Å². The lowest BCUT2D eigenvalue weighted by atomic mass is 9.86. The highest BCUT2D eigenvalue weighted by Crippen LogP contribution is 2.25. The molecule has 2 amide bonds. The molecule has 0 unspecified atom stereocenters. The van der Waals surface area contributed by atoms with E-state index in [0.717, 1.165) is 21.9 Å². The van der Waals surface area contributed by atoms with Crippen molar-refractivity contribution in [2.75, 3.05) is 13.2 Å². The number of nitrogens with zero attached hydrogens (tertiary/aromatic N) is 2. The van der Waals surface area contributed by atoms with Crippen LogP contribution in [0.5, 0.6) is 0 Å². The van der Waals surface area contributed by atoms with Crippen LogP contribution in [0.4, 0.5) is 0 Å². The predicted molar refractivity (Wildman–Crippen MR) is 140 cm³/mol. The van der Waals surface area contributed by atoms with Gasteiger partial charge in [0.2, 0.25) is 5.91 Å². The molecule has 0 saturated heterocycles. The highest BCUT2D eigenvalue weighted by Gasteiger charge is 2.34. The van der Waals surface area contributed by atoms with Crippen LogP contribution < -0.4 is 10.6 Å². The molecule has 0 aliphatic heterocycles. The summed E-state index contributed by atoms with van der Waals surface area (Å²) in [5.41, 5.74) is 1.54. The van der Waals surface area contributed by atoms with Gasteiger partial charge in [-0.25, -0.2) is 0 Å². The fourth-order valence-electron chi connectivity index (χ4n) is 4.27. The van der Waals surface area contributed by atoms with Gasteiger partial charge in [0.25, 0.3) is 5.91 Å². The van der Waals surface area contributed by atoms with E-state index >= 15 is 0 Å². The first kappa shape index (κ1) is 25.3. The smallest absolute Gasteiger partial charge is 0.273 e. The maximum Gasteiger partial charge on any atom is 0.273 e. The molecular formula is C28H32N4O4. The predicted octanol–water partition coefficient (Wildman–Crippen LogP) is 2.85. The van der Waals surface area contributed by atoms with E-state index in [4.69, 9.17) is 5.11 Å². The largest absolute Gasteiger partial charge is 0.394 e. The number of benzene rings is 3. The van der Waals surface area contributed by atoms with Gasteiger partial charge < -0.3 is 20.8 Å². The van der Waals surface area contributed by atoms with Crippen molar-refractivity contribution < 1.29 is 19.8 Å². The number of para-hydroxylation sites is 1. The van der Waals surface area contributed by atoms with Crippen molar-refractivity contribution in [3.8, 4) is 0 Å². The molecule has 0 radical (unpaired) electrons. The lowest BCUT2D eigenvalue weighted by molar-refractivity contribution is -0.125. The van der Waals surface area contributed by atoms with Crippen molar-refractivity contribution >= 4 is 33.5 Å². The minimum absolute atomic E-state index is 0.111. The highest BCUT2D eigenvalue weighted by atomic mass is 16.3. The number of hydrogen-bond acceptors (Lipinski definition) is 5. The summed E-state index contributed by atoms with van der Waals surface area (Å²) < 4.78 is 1.82. The molecule has 4 rings (SSSR count). The van der Waals surface area contributed by atoms with E-state index in [1.807, 2.05) is 67.9 Å². The van der Waals surface area contributed by atoms with E-state index in [1.54, 1.807) is 0 Å². The zero-order chi connectivity index (χ0) is 25.9. The molecule has 8 nitrogen and oxygen atoms in total. The number of hydrogen-bond donors (Lipinski definition) is 4. The van der Waals surface area contributed by atoms with Gasteiger partial charge in [-0.15, -0.1) is 0 Å². The topological polar surface area (TPSA) is 116 Å². The molecule has 0 spiro atoms. The summed E-state index contributed by atoms with van der Waals surface area (Å²) in [5, 5.41) is 31.7. The normalized spacial score (nSPS) is 13.5. The van der Waals surface area contributed by atoms with Crippen LogP contribution in [-0.2, 0) is 11.3 Å². The van der Waals surface area contributed by atoms with Gasteiger partial charge in [0.1, 0.15) is 6.04 Å². The summed E-state index contributed by atoms with van der Waals surface area (Å²) in [6.45, 7) is 5.44. The third-order valence-corrected chi connectivity index (χ3v) is 6.20. The van der Waals surface area contributed by atoms with Crippen molar-refractivity contribution in [2.45, 2.75) is 39.5 Å². The van der Waals surface area contributed by atoms with Crippen LogP contribution in [0.3, 0.4) is 0 Å². The maximum atomic E-state index is 13.4. The number of aliphatic hydroxyl groups is 2. The van der Waals surface area contributed by atoms with Crippen LogP contribution in [0.15, 0.2) is 66.7 Å². The van der Waals surface area contributed by atoms with Crippen LogP contribution in [0.1, 0.15) is 36.8 Å². The lowest BCUT2D eigenvalue weighted by Crippen LogP contribution is -2.54. The van der Waals surface area contributed by atoms with Crippen molar-refractivity contribution in [1.82, 2.24) is 20.4 Å². The zero-order valence-electron chi connectivity index (χ0n) is 20.7. The van der Waals surface area contributed by atoms with E-state index in [1.165, 1.54) is 0 Å². The Balaban J connectivity index is 1.64. The molecule has 0 aliphatic carbocycles. The number of rotatable bonds is 8. The minimum atomic E-state index is -1.07. The third-order valence-electron chi connectivity index (χ3n) is 6.20. The molecule has 8 heteroatoms. The van der Waals surface area contributed by atoms with Crippen LogP contribution in [0, 0.1) is 5.41 Å². The Bertz CT molecular complexity index is 1380. The Kier molecular flexibility index (Phi) is 7.37. The molecule has 2 atom stereocenters. The van der Waals surface area contributed by atoms with E-state index in [9.17, 15) is 14.7 Å². The summed E-state index contributed by atoms with van der Waals surface area (Å²) in [6.07, 6.45) is -1.07. The number of amides is 2. The van der Waals surface area contributed by atoms with Crippen molar-refractivity contribution in [2.24, 2.45) is 5.41 Å². The Hall–Kier alpha value is -3.75. The zero-order valence-corrected chi connectivity index (χ0v) is 20.7. The first-order valence-corrected chi connectivity index (χ1v) is 12.0. The number of carbonyl (C=O) groups excluding carboxylic acids is 2. The van der Waals surface area contributed by atoms with Crippen LogP contribution >= 0.6 is 0 Å². The van der Waals surface area contributed by atoms with Gasteiger partial charge in [0.15, 0.2) is 5.69 Å². The summed E-state index contributed by atoms with van der Waals surface area (Å²) >= 11 is 0. The SMILES string of the molecule is CC(C)(C)[C@H](NC(=O)c1nn(Cc2cccc3ccccc23)c2ccccc12)C(=O)NC[C@H](O)CO. The van der Waals surface area contributed by atoms with Gasteiger partial charge in [0.05, 0.1) is 24.8 Å². The second kappa shape index (κ2) is 10.5. The number of carbonyl (C=O) groups is 2. The van der Waals surface area contributed by atoms with E-state index < -0.39 is 36.0 Å². The maximum absolute atomic E-state index is 13.4. The lowest BCUT2D eigenvalue weighted by Gasteiger charge is -2.30. The number of aromatic nitrogens is 2. The van der Waals surface area contributed by atoms with Crippen molar-refractivity contribution in [1.29, 1.82) is 0 Å². The average molecular weight is 489 g/mol. The number of fused-ring (bicyclic) bond motifs is 2. The fourth-order valence-corrected chi connectivity index (χ4v) is 4.27. The molecule has 4 aromatic rings. The fraction of sp³-hybridized carbons (Fsp3) is 0.321. The molecule has 3 aromatic carbocycles. The van der Waals surface area contributed by atoms with Gasteiger partial charge in [-0.05, 0) is 27.8 Å². The molecule has 0 fully saturated rings. The van der Waals surface area contributed by atoms with E-state index in [-0.39, 0.29) is 12.2 Å². The van der Waals surface area contributed by atoms with Crippen LogP contribution in [-0.4, -0.2) is 57.1 Å². The van der Waals surface area contributed by atoms with E-state index in [0.29, 0.717) is 11.9 Å². The first-order valence-electron chi connectivity index (χ1n) is 12.0. The Morgan fingerprint density at radius 1 is 0.972 bits per heavy atom. The third kappa shape index (κ3) is 5.40. The van der Waals surface area contributed by atoms with Gasteiger partial charge in [-0.3, -0.25) is 14.3 Å². The van der Waals surface area contributed by atoms with E-state index in [2.05, 4.69) is 40.0 Å². The average Bonchev–Trinajstić information content (AvgIpc) is 3.23. The first-order chi connectivity index (χ1) is 17.2. The van der Waals surface area contributed by atoms with Crippen molar-refractivity contribution in [3.63, 3.8) is 0 Å². The second-order valence-electron chi connectivity index (χ2n) is 10.0. The van der Waals surface area contributed by atoms with Crippen molar-refractivity contribution in [3.05, 3.63) is 78.0 Å². The van der Waals surface area contributed by atoms with Crippen LogP contribution in [0.25, 0.3) is 21.7 Å². The molecule has 1 aromatic heterocycles. The van der Waals surface area contributed by atoms with Gasteiger partial charge >= 0.3 is 0 Å². The molecule has 188 valence electrons. The molecule has 36 heavy (non-hydrogen) atoms. The highest BCUT2D eigenvalue weighted by molar-refractivity contribution is 6.06. The Morgan fingerprint density at radius 2 is 1.64 bits per heavy atom. The molecule has 0 aliphatic rings. The monoisotopic (exact) mass is 488 g/mol. The summed E-state index contributed by atoms with van der Waals surface area (Å²) in [4.78, 5) is 26.3. The quantitative estimate of drug-likeness (QED) is 0.304. The number of nitrogens with one attached hydrogen (secondary N) is 2. The molecule has 1 heterocycles. The minimum Gasteiger partial charge on any atom is -0.394 e. The Morgan fingerprint density at radius 3 is 2.36 bits per heavy atom. The molecule has 4 N–H and O–H groups in total. The van der Waals surface area contributed by atoms with Gasteiger partial charge in [-0.1, -0.05) is 81.4 Å². The standard InChI is InChI=1S/C28H32N4O4/c1-28(2,3)25(27(36)29-15-20(34)17-33)30-26(35)24-22-13-6-7-14-23(22)32(31-24)16-19-11-8-10-18-9-4-5-12-21(18)19/h4-14,20,25,33-34H,15-17H2,1-3H3,(H,29,36)(H,30,35)/t20-,25+/m0/s1. The molecule has 0 saturated carbocycles. The van der Waals surface area contributed by atoms with Gasteiger partial charge in [-0.2, -0.15) is 5.10 Å². The molecular weight excluding hydrogens is 456 g/mol. The summed E-state index contributed by atoms with van der Waals surface area (Å²) in [6, 6.07) is 20.9. The second-order valence-corrected chi connectivity index (χ2v) is 10.0. The Labute approximate surface area is 209 Å². The molecule has 0 bridgehead atoms. The van der Waals surface area contributed by atoms with Crippen LogP contribution in [0.2, 0.25) is 0 Å². The summed E-state index contributed by atoms with van der Waals surface area (Å²) in [5.74, 6) is -0.900. The number of aliphatic hydroxyl groups excluding tert-OH is 2.